The van der Waals surface area contributed by atoms with Crippen molar-refractivity contribution in [1.29, 1.82) is 0 Å². The number of halogens is 2. The highest BCUT2D eigenvalue weighted by Crippen LogP contribution is 2.28. The summed E-state index contributed by atoms with van der Waals surface area (Å²) >= 11 is 9.30. The summed E-state index contributed by atoms with van der Waals surface area (Å²) in [6.45, 7) is 1.90. The van der Waals surface area contributed by atoms with Crippen LogP contribution in [0.15, 0.2) is 39.2 Å². The lowest BCUT2D eigenvalue weighted by Crippen LogP contribution is -2.10. The van der Waals surface area contributed by atoms with E-state index in [0.29, 0.717) is 5.02 Å². The lowest BCUT2D eigenvalue weighted by molar-refractivity contribution is 0.466. The SMILES string of the molecule is Cc1ccc(C(N)c2ccc(Cl)c(Br)c2)o1. The van der Waals surface area contributed by atoms with Crippen LogP contribution in [0.5, 0.6) is 0 Å². The largest absolute Gasteiger partial charge is 0.464 e. The van der Waals surface area contributed by atoms with Gasteiger partial charge in [0.1, 0.15) is 11.5 Å². The summed E-state index contributed by atoms with van der Waals surface area (Å²) in [5, 5.41) is 0.673. The van der Waals surface area contributed by atoms with Crippen LogP contribution < -0.4 is 5.73 Å². The molecule has 1 aromatic heterocycles. The molecule has 0 bridgehead atoms. The third kappa shape index (κ3) is 2.32. The summed E-state index contributed by atoms with van der Waals surface area (Å²) < 4.78 is 6.33. The molecule has 2 aromatic rings. The predicted octanol–water partition coefficient (Wildman–Crippen LogP) is 4.05. The van der Waals surface area contributed by atoms with E-state index in [0.717, 1.165) is 21.6 Å². The van der Waals surface area contributed by atoms with Crippen LogP contribution in [0.2, 0.25) is 5.02 Å². The van der Waals surface area contributed by atoms with E-state index in [1.807, 2.05) is 37.3 Å². The fourth-order valence-corrected chi connectivity index (χ4v) is 2.00. The Bertz CT molecular complexity index is 509. The Kier molecular flexibility index (Phi) is 3.38. The third-order valence-corrected chi connectivity index (χ3v) is 3.58. The van der Waals surface area contributed by atoms with Crippen LogP contribution >= 0.6 is 27.5 Å². The fourth-order valence-electron chi connectivity index (χ4n) is 1.49. The minimum Gasteiger partial charge on any atom is -0.464 e. The van der Waals surface area contributed by atoms with Crippen molar-refractivity contribution >= 4 is 27.5 Å². The predicted molar refractivity (Wildman–Crippen MR) is 68.6 cm³/mol. The zero-order chi connectivity index (χ0) is 11.7. The Morgan fingerprint density at radius 3 is 2.62 bits per heavy atom. The van der Waals surface area contributed by atoms with E-state index in [9.17, 15) is 0 Å². The van der Waals surface area contributed by atoms with Gasteiger partial charge in [0.2, 0.25) is 0 Å². The van der Waals surface area contributed by atoms with E-state index >= 15 is 0 Å². The van der Waals surface area contributed by atoms with Gasteiger partial charge in [-0.1, -0.05) is 17.7 Å². The molecule has 2 N–H and O–H groups in total. The minimum absolute atomic E-state index is 0.262. The average Bonchev–Trinajstić information content (AvgIpc) is 2.68. The highest BCUT2D eigenvalue weighted by molar-refractivity contribution is 9.10. The molecule has 0 radical (unpaired) electrons. The summed E-state index contributed by atoms with van der Waals surface area (Å²) in [7, 11) is 0. The van der Waals surface area contributed by atoms with Gasteiger partial charge in [-0.15, -0.1) is 0 Å². The molecule has 1 atom stereocenters. The van der Waals surface area contributed by atoms with Gasteiger partial charge in [-0.25, -0.2) is 0 Å². The molecule has 0 spiro atoms. The van der Waals surface area contributed by atoms with Gasteiger partial charge in [-0.05, 0) is 52.7 Å². The average molecular weight is 301 g/mol. The van der Waals surface area contributed by atoms with E-state index in [1.54, 1.807) is 0 Å². The summed E-state index contributed by atoms with van der Waals surface area (Å²) in [5.74, 6) is 1.62. The van der Waals surface area contributed by atoms with E-state index in [1.165, 1.54) is 0 Å². The maximum atomic E-state index is 6.09. The molecule has 0 aliphatic carbocycles. The second kappa shape index (κ2) is 4.62. The highest BCUT2D eigenvalue weighted by atomic mass is 79.9. The van der Waals surface area contributed by atoms with Crippen molar-refractivity contribution < 1.29 is 4.42 Å². The standard InChI is InChI=1S/C12H11BrClNO/c1-7-2-5-11(16-7)12(15)8-3-4-10(14)9(13)6-8/h2-6,12H,15H2,1H3. The van der Waals surface area contributed by atoms with Crippen molar-refractivity contribution in [2.24, 2.45) is 5.73 Å². The maximum absolute atomic E-state index is 6.09. The van der Waals surface area contributed by atoms with E-state index in [4.69, 9.17) is 21.8 Å². The van der Waals surface area contributed by atoms with Gasteiger partial charge in [-0.2, -0.15) is 0 Å². The van der Waals surface area contributed by atoms with Gasteiger partial charge in [0.05, 0.1) is 11.1 Å². The normalized spacial score (nSPS) is 12.8. The maximum Gasteiger partial charge on any atom is 0.125 e. The monoisotopic (exact) mass is 299 g/mol. The van der Waals surface area contributed by atoms with Gasteiger partial charge in [0, 0.05) is 4.47 Å². The van der Waals surface area contributed by atoms with E-state index in [-0.39, 0.29) is 6.04 Å². The molecule has 1 aromatic carbocycles. The molecule has 0 saturated heterocycles. The smallest absolute Gasteiger partial charge is 0.125 e. The van der Waals surface area contributed by atoms with Crippen LogP contribution in [0.3, 0.4) is 0 Å². The first kappa shape index (κ1) is 11.7. The van der Waals surface area contributed by atoms with Gasteiger partial charge in [0.15, 0.2) is 0 Å². The fraction of sp³-hybridized carbons (Fsp3) is 0.167. The Labute approximate surface area is 108 Å². The second-order valence-corrected chi connectivity index (χ2v) is 4.86. The Hall–Kier alpha value is -0.770. The molecule has 2 rings (SSSR count). The quantitative estimate of drug-likeness (QED) is 0.908. The van der Waals surface area contributed by atoms with Crippen LogP contribution in [-0.4, -0.2) is 0 Å². The van der Waals surface area contributed by atoms with Crippen molar-refractivity contribution in [2.45, 2.75) is 13.0 Å². The highest BCUT2D eigenvalue weighted by Gasteiger charge is 2.13. The molecule has 1 heterocycles. The zero-order valence-electron chi connectivity index (χ0n) is 8.71. The molecule has 4 heteroatoms. The molecule has 0 aliphatic rings. The minimum atomic E-state index is -0.262. The molecule has 0 saturated carbocycles. The Morgan fingerprint density at radius 2 is 2.06 bits per heavy atom. The number of hydrogen-bond acceptors (Lipinski definition) is 2. The first-order chi connectivity index (χ1) is 7.58. The topological polar surface area (TPSA) is 39.2 Å². The van der Waals surface area contributed by atoms with Crippen molar-refractivity contribution in [1.82, 2.24) is 0 Å². The lowest BCUT2D eigenvalue weighted by atomic mass is 10.1. The number of furan rings is 1. The molecular weight excluding hydrogens is 289 g/mol. The molecular formula is C12H11BrClNO. The summed E-state index contributed by atoms with van der Waals surface area (Å²) in [6.07, 6.45) is 0. The van der Waals surface area contributed by atoms with Crippen LogP contribution in [-0.2, 0) is 0 Å². The summed E-state index contributed by atoms with van der Waals surface area (Å²) in [6, 6.07) is 9.15. The summed E-state index contributed by atoms with van der Waals surface area (Å²) in [5.41, 5.74) is 7.05. The van der Waals surface area contributed by atoms with Crippen LogP contribution in [0.4, 0.5) is 0 Å². The van der Waals surface area contributed by atoms with Crippen LogP contribution in [0, 0.1) is 6.92 Å². The third-order valence-electron chi connectivity index (χ3n) is 2.37. The van der Waals surface area contributed by atoms with E-state index in [2.05, 4.69) is 15.9 Å². The summed E-state index contributed by atoms with van der Waals surface area (Å²) in [4.78, 5) is 0. The molecule has 1 unspecified atom stereocenters. The first-order valence-electron chi connectivity index (χ1n) is 4.85. The number of nitrogens with two attached hydrogens (primary N) is 1. The molecule has 0 fully saturated rings. The number of benzene rings is 1. The van der Waals surface area contributed by atoms with Gasteiger partial charge in [-0.3, -0.25) is 0 Å². The Morgan fingerprint density at radius 1 is 1.31 bits per heavy atom. The second-order valence-electron chi connectivity index (χ2n) is 3.60. The Balaban J connectivity index is 2.33. The van der Waals surface area contributed by atoms with Gasteiger partial charge in [0.25, 0.3) is 0 Å². The molecule has 84 valence electrons. The molecule has 16 heavy (non-hydrogen) atoms. The van der Waals surface area contributed by atoms with Crippen molar-refractivity contribution in [3.63, 3.8) is 0 Å². The van der Waals surface area contributed by atoms with E-state index < -0.39 is 0 Å². The van der Waals surface area contributed by atoms with Gasteiger partial charge >= 0.3 is 0 Å². The van der Waals surface area contributed by atoms with Crippen molar-refractivity contribution in [3.8, 4) is 0 Å². The number of aryl methyl sites for hydroxylation is 1. The van der Waals surface area contributed by atoms with Crippen molar-refractivity contribution in [2.75, 3.05) is 0 Å². The van der Waals surface area contributed by atoms with Gasteiger partial charge < -0.3 is 10.2 Å². The van der Waals surface area contributed by atoms with Crippen molar-refractivity contribution in [3.05, 3.63) is 56.9 Å². The molecule has 2 nitrogen and oxygen atoms in total. The molecule has 0 amide bonds. The van der Waals surface area contributed by atoms with Crippen LogP contribution in [0.1, 0.15) is 23.1 Å². The lowest BCUT2D eigenvalue weighted by Gasteiger charge is -2.10. The van der Waals surface area contributed by atoms with Crippen LogP contribution in [0.25, 0.3) is 0 Å². The zero-order valence-corrected chi connectivity index (χ0v) is 11.0. The first-order valence-corrected chi connectivity index (χ1v) is 6.02. The molecule has 0 aliphatic heterocycles. The number of hydrogen-bond donors (Lipinski definition) is 1. The number of rotatable bonds is 2.